The molecular formula is C21H16IN3O3S. The van der Waals surface area contributed by atoms with Crippen molar-refractivity contribution in [1.82, 2.24) is 10.7 Å². The van der Waals surface area contributed by atoms with E-state index in [4.69, 9.17) is 0 Å². The summed E-state index contributed by atoms with van der Waals surface area (Å²) in [6.45, 7) is 0. The minimum absolute atomic E-state index is 0.0511. The van der Waals surface area contributed by atoms with Crippen LogP contribution in [0.3, 0.4) is 0 Å². The number of phenols is 1. The van der Waals surface area contributed by atoms with Crippen molar-refractivity contribution in [3.8, 4) is 5.75 Å². The van der Waals surface area contributed by atoms with Gasteiger partial charge in [-0.05, 0) is 70.4 Å². The molecule has 0 bridgehead atoms. The number of amides is 2. The average molecular weight is 517 g/mol. The predicted octanol–water partition coefficient (Wildman–Crippen LogP) is 3.98. The van der Waals surface area contributed by atoms with Gasteiger partial charge in [-0.3, -0.25) is 9.59 Å². The molecule has 0 saturated carbocycles. The maximum absolute atomic E-state index is 12.6. The number of carbonyl (C=O) groups is 2. The Labute approximate surface area is 185 Å². The summed E-state index contributed by atoms with van der Waals surface area (Å²) in [6, 6.07) is 17.3. The third kappa shape index (κ3) is 6.00. The summed E-state index contributed by atoms with van der Waals surface area (Å²) in [4.78, 5) is 25.9. The smallest absolute Gasteiger partial charge is 0.287 e. The molecule has 0 aliphatic heterocycles. The number of phenolic OH excluding ortho intramolecular Hbond substituents is 1. The van der Waals surface area contributed by atoms with Crippen molar-refractivity contribution in [3.05, 3.63) is 91.3 Å². The Hall–Kier alpha value is -2.98. The van der Waals surface area contributed by atoms with E-state index in [0.29, 0.717) is 11.1 Å². The number of hydrogen-bond acceptors (Lipinski definition) is 5. The molecule has 3 rings (SSSR count). The number of nitrogens with one attached hydrogen (secondary N) is 2. The highest BCUT2D eigenvalue weighted by Gasteiger charge is 2.14. The zero-order chi connectivity index (χ0) is 20.6. The van der Waals surface area contributed by atoms with Gasteiger partial charge < -0.3 is 10.4 Å². The Bertz CT molecular complexity index is 1060. The van der Waals surface area contributed by atoms with Crippen LogP contribution in [-0.2, 0) is 4.79 Å². The van der Waals surface area contributed by atoms with Crippen LogP contribution >= 0.6 is 33.9 Å². The van der Waals surface area contributed by atoms with E-state index in [1.807, 2.05) is 17.5 Å². The first-order valence-electron chi connectivity index (χ1n) is 8.46. The van der Waals surface area contributed by atoms with Crippen LogP contribution in [0.2, 0.25) is 0 Å². The quantitative estimate of drug-likeness (QED) is 0.200. The molecule has 0 atom stereocenters. The number of carbonyl (C=O) groups excluding carboxylic acids is 2. The number of rotatable bonds is 6. The van der Waals surface area contributed by atoms with E-state index in [-0.39, 0.29) is 11.4 Å². The van der Waals surface area contributed by atoms with E-state index in [0.717, 1.165) is 8.45 Å². The van der Waals surface area contributed by atoms with Crippen LogP contribution in [0.15, 0.2) is 76.8 Å². The van der Waals surface area contributed by atoms with Gasteiger partial charge in [-0.25, -0.2) is 5.43 Å². The van der Waals surface area contributed by atoms with Crippen molar-refractivity contribution in [2.45, 2.75) is 0 Å². The molecule has 2 aromatic carbocycles. The van der Waals surface area contributed by atoms with E-state index in [1.165, 1.54) is 17.6 Å². The summed E-state index contributed by atoms with van der Waals surface area (Å²) < 4.78 is 0.918. The number of thiophene rings is 1. The Morgan fingerprint density at radius 2 is 1.86 bits per heavy atom. The molecule has 1 aromatic heterocycles. The van der Waals surface area contributed by atoms with Crippen LogP contribution in [-0.4, -0.2) is 23.1 Å². The Kier molecular flexibility index (Phi) is 7.14. The zero-order valence-electron chi connectivity index (χ0n) is 15.0. The minimum Gasteiger partial charge on any atom is -0.507 e. The molecule has 146 valence electrons. The van der Waals surface area contributed by atoms with Gasteiger partial charge in [0.05, 0.1) is 6.21 Å². The fourth-order valence-corrected chi connectivity index (χ4v) is 3.48. The van der Waals surface area contributed by atoms with Crippen LogP contribution in [0.25, 0.3) is 6.08 Å². The van der Waals surface area contributed by atoms with Gasteiger partial charge in [-0.15, -0.1) is 11.3 Å². The normalized spacial score (nSPS) is 11.4. The molecule has 3 aromatic rings. The lowest BCUT2D eigenvalue weighted by Crippen LogP contribution is -2.32. The molecule has 3 N–H and O–H groups in total. The number of halogens is 1. The molecule has 2 amide bonds. The van der Waals surface area contributed by atoms with Gasteiger partial charge in [-0.1, -0.05) is 24.3 Å². The topological polar surface area (TPSA) is 90.8 Å². The molecule has 0 aliphatic rings. The van der Waals surface area contributed by atoms with Gasteiger partial charge in [0.15, 0.2) is 0 Å². The van der Waals surface area contributed by atoms with Crippen molar-refractivity contribution in [2.75, 3.05) is 0 Å². The molecule has 6 nitrogen and oxygen atoms in total. The molecule has 0 radical (unpaired) electrons. The largest absolute Gasteiger partial charge is 0.507 e. The van der Waals surface area contributed by atoms with Gasteiger partial charge in [0, 0.05) is 19.6 Å². The van der Waals surface area contributed by atoms with Crippen molar-refractivity contribution >= 4 is 58.0 Å². The first-order valence-corrected chi connectivity index (χ1v) is 10.4. The maximum Gasteiger partial charge on any atom is 0.287 e. The minimum atomic E-state index is -0.580. The summed E-state index contributed by atoms with van der Waals surface area (Å²) in [5, 5.41) is 18.3. The average Bonchev–Trinajstić information content (AvgIpc) is 3.23. The summed E-state index contributed by atoms with van der Waals surface area (Å²) in [5.74, 6) is -0.929. The van der Waals surface area contributed by atoms with Crippen molar-refractivity contribution in [3.63, 3.8) is 0 Å². The van der Waals surface area contributed by atoms with Gasteiger partial charge in [0.2, 0.25) is 0 Å². The van der Waals surface area contributed by atoms with E-state index < -0.39 is 11.8 Å². The lowest BCUT2D eigenvalue weighted by atomic mass is 10.2. The van der Waals surface area contributed by atoms with Gasteiger partial charge in [0.1, 0.15) is 11.4 Å². The SMILES string of the molecule is O=C(N/N=C/c1cc(I)ccc1O)C(=Cc1cccs1)NC(=O)c1ccccc1. The van der Waals surface area contributed by atoms with Gasteiger partial charge in [-0.2, -0.15) is 5.10 Å². The van der Waals surface area contributed by atoms with Crippen LogP contribution in [0.4, 0.5) is 0 Å². The monoisotopic (exact) mass is 517 g/mol. The molecular weight excluding hydrogens is 501 g/mol. The van der Waals surface area contributed by atoms with Crippen LogP contribution in [0.5, 0.6) is 5.75 Å². The second-order valence-electron chi connectivity index (χ2n) is 5.80. The second kappa shape index (κ2) is 9.99. The molecule has 29 heavy (non-hydrogen) atoms. The number of hydrogen-bond donors (Lipinski definition) is 3. The highest BCUT2D eigenvalue weighted by atomic mass is 127. The highest BCUT2D eigenvalue weighted by molar-refractivity contribution is 14.1. The molecule has 0 fully saturated rings. The second-order valence-corrected chi connectivity index (χ2v) is 8.02. The third-order valence-corrected chi connectivity index (χ3v) is 5.21. The third-order valence-electron chi connectivity index (χ3n) is 3.72. The highest BCUT2D eigenvalue weighted by Crippen LogP contribution is 2.17. The van der Waals surface area contributed by atoms with Crippen molar-refractivity contribution in [2.24, 2.45) is 5.10 Å². The summed E-state index contributed by atoms with van der Waals surface area (Å²) in [7, 11) is 0. The van der Waals surface area contributed by atoms with Crippen molar-refractivity contribution < 1.29 is 14.7 Å². The lowest BCUT2D eigenvalue weighted by Gasteiger charge is -2.08. The Morgan fingerprint density at radius 3 is 2.59 bits per heavy atom. The fraction of sp³-hybridized carbons (Fsp3) is 0. The van der Waals surface area contributed by atoms with E-state index >= 15 is 0 Å². The Balaban J connectivity index is 1.77. The first-order chi connectivity index (χ1) is 14.0. The lowest BCUT2D eigenvalue weighted by molar-refractivity contribution is -0.117. The number of hydrazone groups is 1. The summed E-state index contributed by atoms with van der Waals surface area (Å²) in [6.07, 6.45) is 2.93. The Morgan fingerprint density at radius 1 is 1.07 bits per heavy atom. The van der Waals surface area contributed by atoms with Crippen LogP contribution in [0, 0.1) is 3.57 Å². The molecule has 0 spiro atoms. The standard InChI is InChI=1S/C21H16IN3O3S/c22-16-8-9-19(26)15(11-16)13-23-25-21(28)18(12-17-7-4-10-29-17)24-20(27)14-5-2-1-3-6-14/h1-13,26H,(H,24,27)(H,25,28)/b18-12?,23-13+. The summed E-state index contributed by atoms with van der Waals surface area (Å²) >= 11 is 3.55. The van der Waals surface area contributed by atoms with Crippen molar-refractivity contribution in [1.29, 1.82) is 0 Å². The van der Waals surface area contributed by atoms with Gasteiger partial charge in [0.25, 0.3) is 11.8 Å². The molecule has 0 saturated heterocycles. The van der Waals surface area contributed by atoms with Gasteiger partial charge >= 0.3 is 0 Å². The van der Waals surface area contributed by atoms with Crippen LogP contribution in [0.1, 0.15) is 20.8 Å². The number of nitrogens with zero attached hydrogens (tertiary/aromatic N) is 1. The summed E-state index contributed by atoms with van der Waals surface area (Å²) in [5.41, 5.74) is 3.35. The van der Waals surface area contributed by atoms with Crippen LogP contribution < -0.4 is 10.7 Å². The molecule has 8 heteroatoms. The fourth-order valence-electron chi connectivity index (χ4n) is 2.31. The van der Waals surface area contributed by atoms with E-state index in [9.17, 15) is 14.7 Å². The number of aromatic hydroxyl groups is 1. The maximum atomic E-state index is 12.6. The number of benzene rings is 2. The molecule has 0 aliphatic carbocycles. The molecule has 0 unspecified atom stereocenters. The van der Waals surface area contributed by atoms with E-state index in [2.05, 4.69) is 38.4 Å². The molecule has 1 heterocycles. The predicted molar refractivity (Wildman–Crippen MR) is 123 cm³/mol. The first kappa shape index (κ1) is 20.7. The van der Waals surface area contributed by atoms with E-state index in [1.54, 1.807) is 54.6 Å². The zero-order valence-corrected chi connectivity index (χ0v) is 18.0.